The first-order valence-electron chi connectivity index (χ1n) is 6.11. The van der Waals surface area contributed by atoms with E-state index in [0.717, 1.165) is 17.1 Å². The van der Waals surface area contributed by atoms with Crippen molar-refractivity contribution in [3.8, 4) is 0 Å². The largest absolute Gasteiger partial charge is 0.398 e. The summed E-state index contributed by atoms with van der Waals surface area (Å²) in [6.45, 7) is -0.217. The van der Waals surface area contributed by atoms with Crippen LogP contribution >= 0.6 is 15.9 Å². The van der Waals surface area contributed by atoms with Gasteiger partial charge in [0.15, 0.2) is 0 Å². The maximum atomic E-state index is 12.4. The summed E-state index contributed by atoms with van der Waals surface area (Å²) in [5.41, 5.74) is 5.86. The number of anilines is 1. The molecule has 1 aromatic rings. The number of amides is 1. The molecule has 8 heteroatoms. The Balaban J connectivity index is 2.15. The number of benzene rings is 1. The van der Waals surface area contributed by atoms with Gasteiger partial charge in [0, 0.05) is 17.6 Å². The number of likely N-dealkylation sites (N-methyl/N-ethyl adjacent to an activating group) is 1. The highest BCUT2D eigenvalue weighted by Crippen LogP contribution is 2.25. The Morgan fingerprint density at radius 3 is 2.75 bits per heavy atom. The van der Waals surface area contributed by atoms with E-state index in [2.05, 4.69) is 21.2 Å². The van der Waals surface area contributed by atoms with Gasteiger partial charge in [0.05, 0.1) is 12.2 Å². The molecule has 1 amide bonds. The average Bonchev–Trinajstić information content (AvgIpc) is 3.15. The van der Waals surface area contributed by atoms with Crippen LogP contribution in [0.5, 0.6) is 0 Å². The smallest absolute Gasteiger partial charge is 0.245 e. The van der Waals surface area contributed by atoms with Crippen LogP contribution in [0, 0.1) is 0 Å². The second kappa shape index (κ2) is 5.71. The second-order valence-corrected chi connectivity index (χ2v) is 7.71. The van der Waals surface area contributed by atoms with Gasteiger partial charge in [0.2, 0.25) is 15.9 Å². The van der Waals surface area contributed by atoms with Gasteiger partial charge in [-0.1, -0.05) is 15.9 Å². The molecule has 0 unspecified atom stereocenters. The maximum Gasteiger partial charge on any atom is 0.245 e. The molecule has 6 nitrogen and oxygen atoms in total. The van der Waals surface area contributed by atoms with Gasteiger partial charge >= 0.3 is 0 Å². The zero-order chi connectivity index (χ0) is 14.9. The molecule has 1 aromatic carbocycles. The van der Waals surface area contributed by atoms with Crippen molar-refractivity contribution in [3.63, 3.8) is 0 Å². The lowest BCUT2D eigenvalue weighted by Gasteiger charge is -2.18. The minimum absolute atomic E-state index is 0.00593. The summed E-state index contributed by atoms with van der Waals surface area (Å²) in [6.07, 6.45) is 1.92. The van der Waals surface area contributed by atoms with Crippen LogP contribution in [0.15, 0.2) is 27.6 Å². The van der Waals surface area contributed by atoms with E-state index in [9.17, 15) is 13.2 Å². The average molecular weight is 362 g/mol. The number of nitrogens with one attached hydrogen (secondary N) is 1. The lowest BCUT2D eigenvalue weighted by Crippen LogP contribution is -2.39. The fourth-order valence-electron chi connectivity index (χ4n) is 1.69. The van der Waals surface area contributed by atoms with Gasteiger partial charge in [0.1, 0.15) is 4.90 Å². The van der Waals surface area contributed by atoms with E-state index in [0.29, 0.717) is 4.47 Å². The molecule has 0 aliphatic heterocycles. The minimum Gasteiger partial charge on any atom is -0.398 e. The highest BCUT2D eigenvalue weighted by molar-refractivity contribution is 9.10. The molecule has 1 aliphatic rings. The summed E-state index contributed by atoms with van der Waals surface area (Å²) < 4.78 is 26.4. The number of hydrogen-bond donors (Lipinski definition) is 2. The van der Waals surface area contributed by atoms with E-state index < -0.39 is 10.0 Å². The Labute approximate surface area is 126 Å². The van der Waals surface area contributed by atoms with E-state index in [1.807, 2.05) is 0 Å². The number of halogens is 1. The van der Waals surface area contributed by atoms with E-state index in [1.165, 1.54) is 19.2 Å². The van der Waals surface area contributed by atoms with Gasteiger partial charge in [-0.25, -0.2) is 8.42 Å². The quantitative estimate of drug-likeness (QED) is 0.763. The van der Waals surface area contributed by atoms with Crippen LogP contribution in [0.3, 0.4) is 0 Å². The molecule has 110 valence electrons. The maximum absolute atomic E-state index is 12.4. The first-order chi connectivity index (χ1) is 9.30. The van der Waals surface area contributed by atoms with Crippen LogP contribution in [0.25, 0.3) is 0 Å². The number of nitrogens with zero attached hydrogens (tertiary/aromatic N) is 1. The molecule has 1 fully saturated rings. The third-order valence-electron chi connectivity index (χ3n) is 2.97. The third kappa shape index (κ3) is 3.50. The van der Waals surface area contributed by atoms with E-state index in [4.69, 9.17) is 5.73 Å². The Kier molecular flexibility index (Phi) is 4.36. The van der Waals surface area contributed by atoms with Crippen molar-refractivity contribution in [2.75, 3.05) is 19.3 Å². The molecule has 0 saturated heterocycles. The molecule has 0 atom stereocenters. The first kappa shape index (κ1) is 15.3. The zero-order valence-corrected chi connectivity index (χ0v) is 13.4. The lowest BCUT2D eigenvalue weighted by atomic mass is 10.3. The van der Waals surface area contributed by atoms with Gasteiger partial charge in [-0.2, -0.15) is 4.31 Å². The molecule has 0 radical (unpaired) electrons. The molecular weight excluding hydrogens is 346 g/mol. The first-order valence-corrected chi connectivity index (χ1v) is 8.35. The summed E-state index contributed by atoms with van der Waals surface area (Å²) in [7, 11) is -2.42. The van der Waals surface area contributed by atoms with Gasteiger partial charge in [-0.15, -0.1) is 0 Å². The minimum atomic E-state index is -3.79. The molecule has 0 aromatic heterocycles. The zero-order valence-electron chi connectivity index (χ0n) is 11.0. The predicted octanol–water partition coefficient (Wildman–Crippen LogP) is 0.930. The van der Waals surface area contributed by atoms with Crippen molar-refractivity contribution in [3.05, 3.63) is 22.7 Å². The Morgan fingerprint density at radius 2 is 2.15 bits per heavy atom. The van der Waals surface area contributed by atoms with Crippen molar-refractivity contribution in [2.45, 2.75) is 23.8 Å². The number of sulfonamides is 1. The van der Waals surface area contributed by atoms with Crippen molar-refractivity contribution in [1.82, 2.24) is 9.62 Å². The van der Waals surface area contributed by atoms with Gasteiger partial charge in [-0.05, 0) is 31.0 Å². The molecule has 20 heavy (non-hydrogen) atoms. The highest BCUT2D eigenvalue weighted by atomic mass is 79.9. The number of nitrogens with two attached hydrogens (primary N) is 1. The molecule has 0 heterocycles. The fraction of sp³-hybridized carbons (Fsp3) is 0.417. The molecule has 1 saturated carbocycles. The summed E-state index contributed by atoms with van der Waals surface area (Å²) in [5.74, 6) is -0.299. The molecule has 1 aliphatic carbocycles. The molecular formula is C12H16BrN3O3S. The van der Waals surface area contributed by atoms with Crippen LogP contribution in [0.2, 0.25) is 0 Å². The van der Waals surface area contributed by atoms with Gasteiger partial charge < -0.3 is 11.1 Å². The number of nitrogen functional groups attached to an aromatic ring is 1. The number of rotatable bonds is 5. The van der Waals surface area contributed by atoms with E-state index >= 15 is 0 Å². The Hall–Kier alpha value is -1.12. The molecule has 3 N–H and O–H groups in total. The summed E-state index contributed by atoms with van der Waals surface area (Å²) in [4.78, 5) is 11.7. The monoisotopic (exact) mass is 361 g/mol. The lowest BCUT2D eigenvalue weighted by molar-refractivity contribution is -0.121. The van der Waals surface area contributed by atoms with Crippen LogP contribution in [0.4, 0.5) is 5.69 Å². The Bertz CT molecular complexity index is 629. The predicted molar refractivity (Wildman–Crippen MR) is 79.5 cm³/mol. The van der Waals surface area contributed by atoms with Gasteiger partial charge in [0.25, 0.3) is 0 Å². The topological polar surface area (TPSA) is 92.5 Å². The molecule has 0 bridgehead atoms. The van der Waals surface area contributed by atoms with Crippen molar-refractivity contribution in [2.24, 2.45) is 0 Å². The van der Waals surface area contributed by atoms with Crippen LogP contribution in [-0.4, -0.2) is 38.3 Å². The SMILES string of the molecule is CN(CC(=O)NC1CC1)S(=O)(=O)c1cc(Br)ccc1N. The van der Waals surface area contributed by atoms with Crippen molar-refractivity contribution < 1.29 is 13.2 Å². The number of hydrogen-bond acceptors (Lipinski definition) is 4. The number of carbonyl (C=O) groups is 1. The van der Waals surface area contributed by atoms with E-state index in [-0.39, 0.29) is 29.1 Å². The summed E-state index contributed by atoms with van der Waals surface area (Å²) in [5, 5.41) is 2.75. The summed E-state index contributed by atoms with van der Waals surface area (Å²) in [6, 6.07) is 4.80. The highest BCUT2D eigenvalue weighted by Gasteiger charge is 2.28. The van der Waals surface area contributed by atoms with Gasteiger partial charge in [-0.3, -0.25) is 4.79 Å². The van der Waals surface area contributed by atoms with Crippen molar-refractivity contribution in [1.29, 1.82) is 0 Å². The molecule has 2 rings (SSSR count). The third-order valence-corrected chi connectivity index (χ3v) is 5.32. The standard InChI is InChI=1S/C12H16BrN3O3S/c1-16(7-12(17)15-9-3-4-9)20(18,19)11-6-8(13)2-5-10(11)14/h2,5-6,9H,3-4,7,14H2,1H3,(H,15,17). The van der Waals surface area contributed by atoms with Crippen LogP contribution in [-0.2, 0) is 14.8 Å². The summed E-state index contributed by atoms with van der Waals surface area (Å²) >= 11 is 3.21. The Morgan fingerprint density at radius 1 is 1.50 bits per heavy atom. The molecule has 0 spiro atoms. The van der Waals surface area contributed by atoms with Crippen LogP contribution in [0.1, 0.15) is 12.8 Å². The normalized spacial score (nSPS) is 15.3. The van der Waals surface area contributed by atoms with Crippen molar-refractivity contribution >= 4 is 37.5 Å². The number of carbonyl (C=O) groups excluding carboxylic acids is 1. The van der Waals surface area contributed by atoms with Crippen LogP contribution < -0.4 is 11.1 Å². The fourth-order valence-corrected chi connectivity index (χ4v) is 3.47. The van der Waals surface area contributed by atoms with E-state index in [1.54, 1.807) is 6.07 Å². The second-order valence-electron chi connectivity index (χ2n) is 4.79.